The van der Waals surface area contributed by atoms with E-state index >= 15 is 0 Å². The summed E-state index contributed by atoms with van der Waals surface area (Å²) in [7, 11) is 0. The van der Waals surface area contributed by atoms with E-state index in [1.54, 1.807) is 18.2 Å². The predicted molar refractivity (Wildman–Crippen MR) is 83.0 cm³/mol. The molecule has 3 aromatic carbocycles. The van der Waals surface area contributed by atoms with Gasteiger partial charge in [-0.3, -0.25) is 0 Å². The maximum atomic E-state index is 12.1. The minimum Gasteiger partial charge on any atom is -0.422 e. The molecule has 0 radical (unpaired) electrons. The van der Waals surface area contributed by atoms with Crippen LogP contribution in [0.25, 0.3) is 10.8 Å². The molecule has 0 amide bonds. The van der Waals surface area contributed by atoms with E-state index in [1.165, 1.54) is 0 Å². The third-order valence-electron chi connectivity index (χ3n) is 3.03. The van der Waals surface area contributed by atoms with E-state index in [0.29, 0.717) is 11.3 Å². The molecule has 0 aromatic heterocycles. The Kier molecular flexibility index (Phi) is 3.52. The summed E-state index contributed by atoms with van der Waals surface area (Å²) in [5, 5.41) is 1.98. The fraction of sp³-hybridized carbons (Fsp3) is 0. The fourth-order valence-electron chi connectivity index (χ4n) is 2.03. The summed E-state index contributed by atoms with van der Waals surface area (Å²) in [6, 6.07) is 20.6. The lowest BCUT2D eigenvalue weighted by molar-refractivity contribution is 0.0737. The number of ether oxygens (including phenoxy) is 1. The highest BCUT2D eigenvalue weighted by molar-refractivity contribution is 9.10. The number of carbonyl (C=O) groups excluding carboxylic acids is 1. The molecule has 0 fully saturated rings. The molecule has 0 saturated carbocycles. The van der Waals surface area contributed by atoms with E-state index in [1.807, 2.05) is 48.5 Å². The first kappa shape index (κ1) is 12.9. The van der Waals surface area contributed by atoms with Gasteiger partial charge >= 0.3 is 5.97 Å². The molecule has 0 heterocycles. The number of halogens is 1. The van der Waals surface area contributed by atoms with Crippen molar-refractivity contribution in [3.63, 3.8) is 0 Å². The number of hydrogen-bond acceptors (Lipinski definition) is 2. The predicted octanol–water partition coefficient (Wildman–Crippen LogP) is 4.82. The highest BCUT2D eigenvalue weighted by Crippen LogP contribution is 2.26. The van der Waals surface area contributed by atoms with Crippen LogP contribution in [0.4, 0.5) is 0 Å². The van der Waals surface area contributed by atoms with E-state index < -0.39 is 0 Å². The molecule has 20 heavy (non-hydrogen) atoms. The molecule has 3 rings (SSSR count). The van der Waals surface area contributed by atoms with E-state index in [2.05, 4.69) is 15.9 Å². The van der Waals surface area contributed by atoms with Crippen LogP contribution in [-0.4, -0.2) is 5.97 Å². The molecule has 0 spiro atoms. The Labute approximate surface area is 125 Å². The molecule has 0 N–H and O–H groups in total. The van der Waals surface area contributed by atoms with Crippen molar-refractivity contribution in [2.75, 3.05) is 0 Å². The Morgan fingerprint density at radius 1 is 0.850 bits per heavy atom. The molecule has 98 valence electrons. The van der Waals surface area contributed by atoms with Gasteiger partial charge < -0.3 is 4.74 Å². The van der Waals surface area contributed by atoms with Crippen LogP contribution in [0.5, 0.6) is 5.75 Å². The average Bonchev–Trinajstić information content (AvgIpc) is 2.48. The number of carbonyl (C=O) groups is 1. The number of fused-ring (bicyclic) bond motifs is 1. The zero-order valence-electron chi connectivity index (χ0n) is 10.5. The second kappa shape index (κ2) is 5.47. The van der Waals surface area contributed by atoms with Gasteiger partial charge in [0.15, 0.2) is 0 Å². The van der Waals surface area contributed by atoms with Crippen LogP contribution in [0.3, 0.4) is 0 Å². The maximum absolute atomic E-state index is 12.1. The van der Waals surface area contributed by atoms with Crippen LogP contribution in [0.1, 0.15) is 10.4 Å². The SMILES string of the molecule is O=C(Oc1cccc2ccccc12)c1ccc(Br)cc1. The second-order valence-electron chi connectivity index (χ2n) is 4.37. The topological polar surface area (TPSA) is 26.3 Å². The quantitative estimate of drug-likeness (QED) is 0.498. The van der Waals surface area contributed by atoms with Gasteiger partial charge in [-0.2, -0.15) is 0 Å². The lowest BCUT2D eigenvalue weighted by Crippen LogP contribution is -2.08. The number of hydrogen-bond donors (Lipinski definition) is 0. The summed E-state index contributed by atoms with van der Waals surface area (Å²) in [6.45, 7) is 0. The van der Waals surface area contributed by atoms with Gasteiger partial charge in [0.2, 0.25) is 0 Å². The van der Waals surface area contributed by atoms with Gasteiger partial charge in [0, 0.05) is 9.86 Å². The summed E-state index contributed by atoms with van der Waals surface area (Å²) >= 11 is 3.34. The highest BCUT2D eigenvalue weighted by Gasteiger charge is 2.10. The van der Waals surface area contributed by atoms with Crippen LogP contribution in [0.2, 0.25) is 0 Å². The lowest BCUT2D eigenvalue weighted by Gasteiger charge is -2.07. The Hall–Kier alpha value is -2.13. The van der Waals surface area contributed by atoms with E-state index in [0.717, 1.165) is 15.2 Å². The summed E-state index contributed by atoms with van der Waals surface area (Å²) in [6.07, 6.45) is 0. The van der Waals surface area contributed by atoms with Crippen molar-refractivity contribution in [2.24, 2.45) is 0 Å². The van der Waals surface area contributed by atoms with E-state index in [9.17, 15) is 4.79 Å². The van der Waals surface area contributed by atoms with Crippen molar-refractivity contribution in [3.05, 3.63) is 76.8 Å². The number of esters is 1. The van der Waals surface area contributed by atoms with Crippen molar-refractivity contribution in [2.45, 2.75) is 0 Å². The second-order valence-corrected chi connectivity index (χ2v) is 5.29. The molecule has 2 nitrogen and oxygen atoms in total. The standard InChI is InChI=1S/C17H11BrO2/c18-14-10-8-13(9-11-14)17(19)20-16-7-3-5-12-4-1-2-6-15(12)16/h1-11H. The van der Waals surface area contributed by atoms with Crippen LogP contribution >= 0.6 is 15.9 Å². The van der Waals surface area contributed by atoms with Crippen molar-refractivity contribution in [1.82, 2.24) is 0 Å². The molecule has 3 heteroatoms. The van der Waals surface area contributed by atoms with Crippen molar-refractivity contribution in [1.29, 1.82) is 0 Å². The zero-order chi connectivity index (χ0) is 13.9. The Balaban J connectivity index is 1.93. The summed E-state index contributed by atoms with van der Waals surface area (Å²) in [5.74, 6) is 0.227. The Bertz CT molecular complexity index is 758. The molecule has 0 aliphatic heterocycles. The first-order valence-electron chi connectivity index (χ1n) is 6.19. The van der Waals surface area contributed by atoms with Gasteiger partial charge in [0.25, 0.3) is 0 Å². The summed E-state index contributed by atoms with van der Waals surface area (Å²) in [4.78, 5) is 12.1. The molecule has 3 aromatic rings. The summed E-state index contributed by atoms with van der Waals surface area (Å²) in [5.41, 5.74) is 0.529. The molecular weight excluding hydrogens is 316 g/mol. The van der Waals surface area contributed by atoms with Crippen LogP contribution in [-0.2, 0) is 0 Å². The maximum Gasteiger partial charge on any atom is 0.343 e. The van der Waals surface area contributed by atoms with Gasteiger partial charge in [0.05, 0.1) is 5.56 Å². The van der Waals surface area contributed by atoms with Gasteiger partial charge in [0.1, 0.15) is 5.75 Å². The molecule has 0 saturated heterocycles. The van der Waals surface area contributed by atoms with Gasteiger partial charge in [-0.1, -0.05) is 52.3 Å². The molecule has 0 unspecified atom stereocenters. The third-order valence-corrected chi connectivity index (χ3v) is 3.56. The first-order valence-corrected chi connectivity index (χ1v) is 6.99. The van der Waals surface area contributed by atoms with E-state index in [-0.39, 0.29) is 5.97 Å². The first-order chi connectivity index (χ1) is 9.74. The number of benzene rings is 3. The monoisotopic (exact) mass is 326 g/mol. The molecule has 0 atom stereocenters. The van der Waals surface area contributed by atoms with E-state index in [4.69, 9.17) is 4.74 Å². The third kappa shape index (κ3) is 2.58. The van der Waals surface area contributed by atoms with Gasteiger partial charge in [-0.15, -0.1) is 0 Å². The smallest absolute Gasteiger partial charge is 0.343 e. The fourth-order valence-corrected chi connectivity index (χ4v) is 2.29. The van der Waals surface area contributed by atoms with Crippen LogP contribution in [0.15, 0.2) is 71.2 Å². The highest BCUT2D eigenvalue weighted by atomic mass is 79.9. The Morgan fingerprint density at radius 2 is 1.55 bits per heavy atom. The number of rotatable bonds is 2. The molecule has 0 aliphatic carbocycles. The Morgan fingerprint density at radius 3 is 2.35 bits per heavy atom. The van der Waals surface area contributed by atoms with Gasteiger partial charge in [-0.25, -0.2) is 4.79 Å². The van der Waals surface area contributed by atoms with Crippen molar-refractivity contribution < 1.29 is 9.53 Å². The molecule has 0 bridgehead atoms. The molecular formula is C17H11BrO2. The normalized spacial score (nSPS) is 10.4. The minimum absolute atomic E-state index is 0.353. The average molecular weight is 327 g/mol. The zero-order valence-corrected chi connectivity index (χ0v) is 12.1. The van der Waals surface area contributed by atoms with Crippen LogP contribution < -0.4 is 4.74 Å². The largest absolute Gasteiger partial charge is 0.422 e. The molecule has 0 aliphatic rings. The van der Waals surface area contributed by atoms with Crippen molar-refractivity contribution in [3.8, 4) is 5.75 Å². The van der Waals surface area contributed by atoms with Crippen molar-refractivity contribution >= 4 is 32.7 Å². The van der Waals surface area contributed by atoms with Crippen LogP contribution in [0, 0.1) is 0 Å². The van der Waals surface area contributed by atoms with Gasteiger partial charge in [-0.05, 0) is 35.7 Å². The minimum atomic E-state index is -0.353. The summed E-state index contributed by atoms with van der Waals surface area (Å²) < 4.78 is 6.43. The lowest BCUT2D eigenvalue weighted by atomic mass is 10.1.